The molecule has 3 rings (SSSR count). The molecule has 0 atom stereocenters. The normalized spacial score (nSPS) is 16.7. The van der Waals surface area contributed by atoms with E-state index in [1.165, 1.54) is 5.56 Å². The molecule has 0 aliphatic carbocycles. The van der Waals surface area contributed by atoms with Crippen LogP contribution in [0, 0.1) is 0 Å². The van der Waals surface area contributed by atoms with E-state index in [2.05, 4.69) is 39.7 Å². The molecule has 0 radical (unpaired) electrons. The average molecular weight is 338 g/mol. The molecule has 1 aliphatic rings. The largest absolute Gasteiger partial charge is 0.384 e. The van der Waals surface area contributed by atoms with E-state index in [0.717, 1.165) is 50.5 Å². The Hall–Kier alpha value is -1.43. The van der Waals surface area contributed by atoms with Gasteiger partial charge in [0.2, 0.25) is 5.89 Å². The lowest BCUT2D eigenvalue weighted by molar-refractivity contribution is 0.0849. The maximum absolute atomic E-state index is 5.58. The first-order chi connectivity index (χ1) is 10.8. The number of ether oxygens (including phenoxy) is 1. The van der Waals surface area contributed by atoms with E-state index in [-0.39, 0.29) is 17.8 Å². The first-order valence-corrected chi connectivity index (χ1v) is 7.89. The van der Waals surface area contributed by atoms with E-state index < -0.39 is 0 Å². The van der Waals surface area contributed by atoms with Gasteiger partial charge in [-0.3, -0.25) is 0 Å². The third kappa shape index (κ3) is 4.31. The number of aromatic nitrogens is 2. The summed E-state index contributed by atoms with van der Waals surface area (Å²) in [6, 6.07) is 10.4. The summed E-state index contributed by atoms with van der Waals surface area (Å²) in [7, 11) is 1.73. The number of rotatable bonds is 6. The van der Waals surface area contributed by atoms with Crippen molar-refractivity contribution in [3.8, 4) is 0 Å². The van der Waals surface area contributed by atoms with E-state index in [1.807, 2.05) is 6.07 Å². The van der Waals surface area contributed by atoms with Crippen LogP contribution in [0.15, 0.2) is 34.9 Å². The molecule has 126 valence electrons. The average Bonchev–Trinajstić information content (AvgIpc) is 3.05. The molecule has 0 saturated carbocycles. The van der Waals surface area contributed by atoms with Crippen LogP contribution in [0.3, 0.4) is 0 Å². The van der Waals surface area contributed by atoms with Gasteiger partial charge in [0.1, 0.15) is 0 Å². The van der Waals surface area contributed by atoms with Gasteiger partial charge in [-0.25, -0.2) is 0 Å². The van der Waals surface area contributed by atoms with Crippen molar-refractivity contribution in [1.82, 2.24) is 15.5 Å². The van der Waals surface area contributed by atoms with Crippen molar-refractivity contribution < 1.29 is 9.26 Å². The molecule has 1 saturated heterocycles. The lowest BCUT2D eigenvalue weighted by atomic mass is 9.79. The zero-order valence-corrected chi connectivity index (χ0v) is 14.3. The van der Waals surface area contributed by atoms with Gasteiger partial charge in [0.25, 0.3) is 0 Å². The predicted octanol–water partition coefficient (Wildman–Crippen LogP) is 2.54. The number of hydrogen-bond acceptors (Lipinski definition) is 5. The second-order valence-electron chi connectivity index (χ2n) is 5.96. The third-order valence-electron chi connectivity index (χ3n) is 4.38. The summed E-state index contributed by atoms with van der Waals surface area (Å²) < 4.78 is 11.0. The van der Waals surface area contributed by atoms with Crippen molar-refractivity contribution in [1.29, 1.82) is 0 Å². The van der Waals surface area contributed by atoms with Crippen molar-refractivity contribution >= 4 is 12.4 Å². The molecule has 1 aromatic carbocycles. The minimum Gasteiger partial charge on any atom is -0.384 e. The van der Waals surface area contributed by atoms with Crippen LogP contribution in [-0.2, 0) is 23.0 Å². The standard InChI is InChI=1S/C17H23N3O2.ClH/c1-21-13-17(9-11-18-12-10-17)16-19-15(20-22-16)8-7-14-5-3-2-4-6-14;/h2-6,18H,7-13H2,1H3;1H. The molecule has 23 heavy (non-hydrogen) atoms. The number of methoxy groups -OCH3 is 1. The topological polar surface area (TPSA) is 60.2 Å². The van der Waals surface area contributed by atoms with Gasteiger partial charge < -0.3 is 14.6 Å². The first kappa shape index (κ1) is 17.9. The Morgan fingerprint density at radius 2 is 1.91 bits per heavy atom. The van der Waals surface area contributed by atoms with Crippen molar-refractivity contribution in [2.24, 2.45) is 0 Å². The van der Waals surface area contributed by atoms with E-state index >= 15 is 0 Å². The van der Waals surface area contributed by atoms with Gasteiger partial charge in [0.15, 0.2) is 5.82 Å². The van der Waals surface area contributed by atoms with Gasteiger partial charge in [0.05, 0.1) is 12.0 Å². The molecule has 1 aromatic heterocycles. The third-order valence-corrected chi connectivity index (χ3v) is 4.38. The molecule has 5 nitrogen and oxygen atoms in total. The molecule has 0 spiro atoms. The zero-order valence-electron chi connectivity index (χ0n) is 13.5. The fraction of sp³-hybridized carbons (Fsp3) is 0.529. The predicted molar refractivity (Wildman–Crippen MR) is 91.1 cm³/mol. The lowest BCUT2D eigenvalue weighted by Crippen LogP contribution is -2.43. The Bertz CT molecular complexity index is 577. The number of nitrogens with one attached hydrogen (secondary N) is 1. The van der Waals surface area contributed by atoms with Gasteiger partial charge in [-0.2, -0.15) is 4.98 Å². The number of nitrogens with zero attached hydrogens (tertiary/aromatic N) is 2. The summed E-state index contributed by atoms with van der Waals surface area (Å²) >= 11 is 0. The van der Waals surface area contributed by atoms with Gasteiger partial charge in [-0.1, -0.05) is 35.5 Å². The summed E-state index contributed by atoms with van der Waals surface area (Å²) in [5.74, 6) is 1.52. The van der Waals surface area contributed by atoms with Crippen molar-refractivity contribution in [3.63, 3.8) is 0 Å². The van der Waals surface area contributed by atoms with Crippen molar-refractivity contribution in [2.45, 2.75) is 31.1 Å². The van der Waals surface area contributed by atoms with Crippen molar-refractivity contribution in [3.05, 3.63) is 47.6 Å². The Morgan fingerprint density at radius 1 is 1.17 bits per heavy atom. The molecule has 2 heterocycles. The van der Waals surface area contributed by atoms with Gasteiger partial charge in [-0.15, -0.1) is 12.4 Å². The molecule has 1 N–H and O–H groups in total. The van der Waals surface area contributed by atoms with Crippen LogP contribution in [0.1, 0.15) is 30.1 Å². The monoisotopic (exact) mass is 337 g/mol. The molecule has 1 aliphatic heterocycles. The maximum atomic E-state index is 5.58. The highest BCUT2D eigenvalue weighted by Crippen LogP contribution is 2.32. The summed E-state index contributed by atoms with van der Waals surface area (Å²) in [4.78, 5) is 4.65. The second-order valence-corrected chi connectivity index (χ2v) is 5.96. The van der Waals surface area contributed by atoms with E-state index in [9.17, 15) is 0 Å². The maximum Gasteiger partial charge on any atom is 0.235 e. The van der Waals surface area contributed by atoms with Crippen LogP contribution in [-0.4, -0.2) is 36.9 Å². The fourth-order valence-corrected chi connectivity index (χ4v) is 3.07. The van der Waals surface area contributed by atoms with Gasteiger partial charge >= 0.3 is 0 Å². The van der Waals surface area contributed by atoms with Crippen LogP contribution in [0.4, 0.5) is 0 Å². The highest BCUT2D eigenvalue weighted by Gasteiger charge is 2.39. The summed E-state index contributed by atoms with van der Waals surface area (Å²) in [5, 5.41) is 7.55. The van der Waals surface area contributed by atoms with Crippen LogP contribution in [0.5, 0.6) is 0 Å². The number of aryl methyl sites for hydroxylation is 2. The quantitative estimate of drug-likeness (QED) is 0.877. The molecular formula is C17H24ClN3O2. The summed E-state index contributed by atoms with van der Waals surface area (Å²) in [6.45, 7) is 2.56. The fourth-order valence-electron chi connectivity index (χ4n) is 3.07. The Labute approximate surface area is 143 Å². The minimum atomic E-state index is -0.127. The molecule has 1 fully saturated rings. The first-order valence-electron chi connectivity index (χ1n) is 7.89. The van der Waals surface area contributed by atoms with Crippen LogP contribution < -0.4 is 5.32 Å². The second kappa shape index (κ2) is 8.43. The highest BCUT2D eigenvalue weighted by atomic mass is 35.5. The van der Waals surface area contributed by atoms with Crippen LogP contribution >= 0.6 is 12.4 Å². The lowest BCUT2D eigenvalue weighted by Gasteiger charge is -2.33. The SMILES string of the molecule is COCC1(c2nc(CCc3ccccc3)no2)CCNCC1.Cl. The van der Waals surface area contributed by atoms with E-state index in [0.29, 0.717) is 6.61 Å². The Balaban J connectivity index is 0.00000192. The van der Waals surface area contributed by atoms with Gasteiger partial charge in [0, 0.05) is 13.5 Å². The summed E-state index contributed by atoms with van der Waals surface area (Å²) in [5.41, 5.74) is 1.17. The highest BCUT2D eigenvalue weighted by molar-refractivity contribution is 5.85. The smallest absolute Gasteiger partial charge is 0.235 e. The Morgan fingerprint density at radius 3 is 2.61 bits per heavy atom. The molecule has 6 heteroatoms. The number of hydrogen-bond donors (Lipinski definition) is 1. The van der Waals surface area contributed by atoms with Crippen LogP contribution in [0.2, 0.25) is 0 Å². The van der Waals surface area contributed by atoms with E-state index in [4.69, 9.17) is 9.26 Å². The molecule has 2 aromatic rings. The van der Waals surface area contributed by atoms with Gasteiger partial charge in [-0.05, 0) is 37.9 Å². The molecule has 0 amide bonds. The summed E-state index contributed by atoms with van der Waals surface area (Å²) in [6.07, 6.45) is 3.68. The van der Waals surface area contributed by atoms with Crippen molar-refractivity contribution in [2.75, 3.05) is 26.8 Å². The Kier molecular flexibility index (Phi) is 6.57. The van der Waals surface area contributed by atoms with Crippen LogP contribution in [0.25, 0.3) is 0 Å². The zero-order chi connectivity index (χ0) is 15.3. The van der Waals surface area contributed by atoms with E-state index in [1.54, 1.807) is 7.11 Å². The molecule has 0 unspecified atom stereocenters. The molecule has 0 bridgehead atoms. The number of piperidine rings is 1. The number of halogens is 1. The number of benzene rings is 1. The molecular weight excluding hydrogens is 314 g/mol. The minimum absolute atomic E-state index is 0.